The summed E-state index contributed by atoms with van der Waals surface area (Å²) in [6.45, 7) is 5.28. The molecule has 7 heteroatoms. The van der Waals surface area contributed by atoms with Gasteiger partial charge in [0, 0.05) is 12.1 Å². The molecular formula is C14H11NO5S. The van der Waals surface area contributed by atoms with E-state index in [1.165, 1.54) is 48.5 Å². The van der Waals surface area contributed by atoms with Gasteiger partial charge in [-0.2, -0.15) is 8.42 Å². The summed E-state index contributed by atoms with van der Waals surface area (Å²) in [6, 6.07) is 11.1. The number of non-ortho nitro benzene ring substituents is 1. The van der Waals surface area contributed by atoms with Gasteiger partial charge in [-0.05, 0) is 42.3 Å². The molecule has 0 aliphatic rings. The van der Waals surface area contributed by atoms with Gasteiger partial charge in [-0.1, -0.05) is 12.1 Å². The zero-order valence-corrected chi connectivity index (χ0v) is 11.6. The van der Waals surface area contributed by atoms with Crippen molar-refractivity contribution < 1.29 is 17.5 Å². The highest BCUT2D eigenvalue weighted by Crippen LogP contribution is 2.17. The van der Waals surface area contributed by atoms with E-state index in [2.05, 4.69) is 0 Å². The first kappa shape index (κ1) is 15.1. The fourth-order valence-electron chi connectivity index (χ4n) is 1.56. The smallest absolute Gasteiger partial charge is 0.262 e. The van der Waals surface area contributed by atoms with E-state index in [0.29, 0.717) is 11.1 Å². The minimum absolute atomic E-state index is 0.00129. The van der Waals surface area contributed by atoms with E-state index in [4.69, 9.17) is 11.1 Å². The van der Waals surface area contributed by atoms with E-state index in [9.17, 15) is 18.5 Å². The maximum atomic E-state index is 11.9. The van der Waals surface area contributed by atoms with Crippen LogP contribution >= 0.6 is 0 Å². The largest absolute Gasteiger partial charge is 0.297 e. The highest BCUT2D eigenvalue weighted by Gasteiger charge is 2.15. The minimum Gasteiger partial charge on any atom is -0.262 e. The summed E-state index contributed by atoms with van der Waals surface area (Å²) in [7, 11) is -3.89. The third kappa shape index (κ3) is 3.87. The number of rotatable bonds is 5. The van der Waals surface area contributed by atoms with Crippen molar-refractivity contribution >= 4 is 15.8 Å². The first-order chi connectivity index (χ1) is 9.88. The van der Waals surface area contributed by atoms with Crippen LogP contribution in [-0.2, 0) is 20.9 Å². The molecule has 2 rings (SSSR count). The summed E-state index contributed by atoms with van der Waals surface area (Å²) in [6.07, 6.45) is 0. The van der Waals surface area contributed by atoms with Gasteiger partial charge in [0.15, 0.2) is 0 Å². The monoisotopic (exact) mass is 305 g/mol. The van der Waals surface area contributed by atoms with Crippen LogP contribution in [0.25, 0.3) is 0 Å². The van der Waals surface area contributed by atoms with Crippen LogP contribution < -0.4 is 0 Å². The van der Waals surface area contributed by atoms with Gasteiger partial charge in [0.1, 0.15) is 0 Å². The molecule has 0 fully saturated rings. The van der Waals surface area contributed by atoms with Crippen LogP contribution in [0.5, 0.6) is 0 Å². The Balaban J connectivity index is 2.08. The van der Waals surface area contributed by atoms with Crippen molar-refractivity contribution in [3.8, 4) is 0 Å². The second kappa shape index (κ2) is 6.02. The van der Waals surface area contributed by atoms with Gasteiger partial charge in [-0.25, -0.2) is 0 Å². The predicted octanol–water partition coefficient (Wildman–Crippen LogP) is 2.56. The second-order valence-electron chi connectivity index (χ2n) is 4.21. The summed E-state index contributed by atoms with van der Waals surface area (Å²) in [5.41, 5.74) is 0.893. The Morgan fingerprint density at radius 1 is 1.05 bits per heavy atom. The van der Waals surface area contributed by atoms with Crippen molar-refractivity contribution in [2.45, 2.75) is 11.5 Å². The maximum Gasteiger partial charge on any atom is 0.297 e. The van der Waals surface area contributed by atoms with E-state index in [1.807, 2.05) is 0 Å². The Morgan fingerprint density at radius 2 is 1.62 bits per heavy atom. The molecule has 2 aromatic rings. The molecule has 0 amide bonds. The Labute approximate surface area is 122 Å². The Hall–Kier alpha value is -2.25. The SMILES string of the molecule is [CH]c1ccc(S(=O)(=O)OCc2ccc([N+](=O)[O-])cc2)cc1. The van der Waals surface area contributed by atoms with Crippen LogP contribution in [0.4, 0.5) is 5.69 Å². The Bertz CT molecular complexity index is 736. The van der Waals surface area contributed by atoms with Gasteiger partial charge in [0.05, 0.1) is 16.4 Å². The number of hydrogen-bond acceptors (Lipinski definition) is 5. The van der Waals surface area contributed by atoms with Gasteiger partial charge in [-0.3, -0.25) is 14.3 Å². The average molecular weight is 305 g/mol. The fraction of sp³-hybridized carbons (Fsp3) is 0.0714. The van der Waals surface area contributed by atoms with E-state index in [0.717, 1.165) is 0 Å². The number of nitro groups is 1. The lowest BCUT2D eigenvalue weighted by Gasteiger charge is -2.06. The molecule has 0 saturated carbocycles. The van der Waals surface area contributed by atoms with Crippen LogP contribution in [0.3, 0.4) is 0 Å². The van der Waals surface area contributed by atoms with Crippen LogP contribution in [0.15, 0.2) is 53.4 Å². The first-order valence-corrected chi connectivity index (χ1v) is 7.27. The molecule has 108 valence electrons. The molecule has 0 atom stereocenters. The lowest BCUT2D eigenvalue weighted by atomic mass is 10.2. The van der Waals surface area contributed by atoms with Crippen molar-refractivity contribution in [2.24, 2.45) is 0 Å². The third-order valence-electron chi connectivity index (χ3n) is 2.70. The average Bonchev–Trinajstić information content (AvgIpc) is 2.46. The molecule has 0 bridgehead atoms. The molecule has 6 nitrogen and oxygen atoms in total. The number of nitro benzene ring substituents is 1. The predicted molar refractivity (Wildman–Crippen MR) is 74.9 cm³/mol. The lowest BCUT2D eigenvalue weighted by molar-refractivity contribution is -0.384. The molecule has 0 aliphatic carbocycles. The maximum absolute atomic E-state index is 11.9. The van der Waals surface area contributed by atoms with Crippen molar-refractivity contribution in [3.63, 3.8) is 0 Å². The van der Waals surface area contributed by atoms with Gasteiger partial charge < -0.3 is 0 Å². The lowest BCUT2D eigenvalue weighted by Crippen LogP contribution is -2.06. The van der Waals surface area contributed by atoms with Gasteiger partial charge in [-0.15, -0.1) is 0 Å². The number of benzene rings is 2. The molecule has 0 aromatic heterocycles. The molecular weight excluding hydrogens is 294 g/mol. The molecule has 21 heavy (non-hydrogen) atoms. The number of hydrogen-bond donors (Lipinski definition) is 0. The van der Waals surface area contributed by atoms with E-state index in [1.54, 1.807) is 0 Å². The van der Waals surface area contributed by atoms with Crippen molar-refractivity contribution in [1.82, 2.24) is 0 Å². The molecule has 2 radical (unpaired) electrons. The van der Waals surface area contributed by atoms with Crippen LogP contribution in [0.2, 0.25) is 0 Å². The summed E-state index contributed by atoms with van der Waals surface area (Å²) < 4.78 is 28.7. The van der Waals surface area contributed by atoms with Gasteiger partial charge in [0.2, 0.25) is 0 Å². The quantitative estimate of drug-likeness (QED) is 0.481. The van der Waals surface area contributed by atoms with E-state index < -0.39 is 15.0 Å². The molecule has 0 spiro atoms. The van der Waals surface area contributed by atoms with Crippen molar-refractivity contribution in [3.05, 3.63) is 76.7 Å². The zero-order valence-electron chi connectivity index (χ0n) is 10.8. The summed E-state index contributed by atoms with van der Waals surface area (Å²) >= 11 is 0. The van der Waals surface area contributed by atoms with Crippen molar-refractivity contribution in [2.75, 3.05) is 0 Å². The summed E-state index contributed by atoms with van der Waals surface area (Å²) in [5.74, 6) is 0. The Morgan fingerprint density at radius 3 is 2.14 bits per heavy atom. The Kier molecular flexibility index (Phi) is 4.35. The topological polar surface area (TPSA) is 86.5 Å². The first-order valence-electron chi connectivity index (χ1n) is 5.87. The molecule has 2 aromatic carbocycles. The summed E-state index contributed by atoms with van der Waals surface area (Å²) in [4.78, 5) is 9.98. The van der Waals surface area contributed by atoms with E-state index >= 15 is 0 Å². The van der Waals surface area contributed by atoms with Crippen LogP contribution in [-0.4, -0.2) is 13.3 Å². The van der Waals surface area contributed by atoms with E-state index in [-0.39, 0.29) is 17.2 Å². The normalized spacial score (nSPS) is 11.3. The van der Waals surface area contributed by atoms with Crippen LogP contribution in [0.1, 0.15) is 11.1 Å². The van der Waals surface area contributed by atoms with Crippen LogP contribution in [0, 0.1) is 17.0 Å². The highest BCUT2D eigenvalue weighted by molar-refractivity contribution is 7.86. The van der Waals surface area contributed by atoms with Crippen molar-refractivity contribution in [1.29, 1.82) is 0 Å². The minimum atomic E-state index is -3.89. The molecule has 0 aliphatic heterocycles. The van der Waals surface area contributed by atoms with Gasteiger partial charge in [0.25, 0.3) is 15.8 Å². The standard InChI is InChI=1S/C14H11NO5S/c1-11-2-8-14(9-3-11)21(18,19)20-10-12-4-6-13(7-5-12)15(16)17/h1-9H,10H2. The third-order valence-corrected chi connectivity index (χ3v) is 3.97. The zero-order chi connectivity index (χ0) is 15.5. The second-order valence-corrected chi connectivity index (χ2v) is 5.82. The van der Waals surface area contributed by atoms with Gasteiger partial charge >= 0.3 is 0 Å². The summed E-state index contributed by atoms with van der Waals surface area (Å²) in [5, 5.41) is 10.5. The molecule has 0 heterocycles. The fourth-order valence-corrected chi connectivity index (χ4v) is 2.46. The molecule has 0 N–H and O–H groups in total. The molecule has 0 saturated heterocycles. The molecule has 0 unspecified atom stereocenters. The highest BCUT2D eigenvalue weighted by atomic mass is 32.2. The number of nitrogens with zero attached hydrogens (tertiary/aromatic N) is 1.